The molecule has 0 aliphatic carbocycles. The summed E-state index contributed by atoms with van der Waals surface area (Å²) in [5.74, 6) is 0.987. The number of anilines is 1. The van der Waals surface area contributed by atoms with Crippen molar-refractivity contribution in [2.45, 2.75) is 11.3 Å². The summed E-state index contributed by atoms with van der Waals surface area (Å²) >= 11 is 1.36. The van der Waals surface area contributed by atoms with Gasteiger partial charge in [-0.25, -0.2) is 13.4 Å². The number of carbonyl (C=O) groups is 1. The predicted molar refractivity (Wildman–Crippen MR) is 151 cm³/mol. The number of hydrogen-bond donors (Lipinski definition) is 0. The molecular weight excluding hydrogens is 552 g/mol. The highest BCUT2D eigenvalue weighted by molar-refractivity contribution is 7.89. The average Bonchev–Trinajstić information content (AvgIpc) is 3.36. The van der Waals surface area contributed by atoms with E-state index in [0.29, 0.717) is 60.6 Å². The van der Waals surface area contributed by atoms with Crippen molar-refractivity contribution < 1.29 is 27.4 Å². The van der Waals surface area contributed by atoms with Gasteiger partial charge in [0.2, 0.25) is 10.0 Å². The van der Waals surface area contributed by atoms with Gasteiger partial charge in [0.1, 0.15) is 21.7 Å². The van der Waals surface area contributed by atoms with Crippen LogP contribution in [0.4, 0.5) is 5.13 Å². The fourth-order valence-corrected chi connectivity index (χ4v) is 6.59. The Kier molecular flexibility index (Phi) is 10.3. The van der Waals surface area contributed by atoms with E-state index in [9.17, 15) is 13.2 Å². The molecule has 1 fully saturated rings. The van der Waals surface area contributed by atoms with E-state index in [1.54, 1.807) is 37.3 Å². The number of halogens is 1. The van der Waals surface area contributed by atoms with Crippen molar-refractivity contribution in [2.24, 2.45) is 0 Å². The number of ether oxygens (including phenoxy) is 3. The Bertz CT molecular complexity index is 1300. The number of carbonyl (C=O) groups excluding carboxylic acids is 1. The molecule has 0 bridgehead atoms. The van der Waals surface area contributed by atoms with Crippen LogP contribution in [0.15, 0.2) is 41.3 Å². The van der Waals surface area contributed by atoms with Gasteiger partial charge >= 0.3 is 0 Å². The van der Waals surface area contributed by atoms with E-state index in [1.807, 2.05) is 20.2 Å². The molecule has 0 atom stereocenters. The van der Waals surface area contributed by atoms with E-state index in [0.717, 1.165) is 17.7 Å². The number of benzene rings is 2. The topological polar surface area (TPSA) is 102 Å². The summed E-state index contributed by atoms with van der Waals surface area (Å²) in [5, 5.41) is 0.520. The summed E-state index contributed by atoms with van der Waals surface area (Å²) in [6.07, 6.45) is 0.729. The number of rotatable bonds is 10. The number of aromatic nitrogens is 1. The van der Waals surface area contributed by atoms with Gasteiger partial charge in [-0.05, 0) is 63.5 Å². The molecule has 4 rings (SSSR count). The van der Waals surface area contributed by atoms with Crippen molar-refractivity contribution in [1.82, 2.24) is 14.2 Å². The maximum Gasteiger partial charge on any atom is 0.260 e. The lowest BCUT2D eigenvalue weighted by Crippen LogP contribution is -2.40. The van der Waals surface area contributed by atoms with Crippen molar-refractivity contribution in [2.75, 3.05) is 72.6 Å². The average molecular weight is 585 g/mol. The van der Waals surface area contributed by atoms with Crippen LogP contribution in [-0.2, 0) is 14.8 Å². The minimum absolute atomic E-state index is 0. The molecule has 1 amide bonds. The normalized spacial score (nSPS) is 14.3. The summed E-state index contributed by atoms with van der Waals surface area (Å²) in [5.41, 5.74) is 1.00. The minimum atomic E-state index is -3.65. The van der Waals surface area contributed by atoms with Gasteiger partial charge in [-0.3, -0.25) is 9.69 Å². The third-order valence-electron chi connectivity index (χ3n) is 6.07. The van der Waals surface area contributed by atoms with Crippen LogP contribution in [0, 0.1) is 0 Å². The zero-order chi connectivity index (χ0) is 26.6. The Morgan fingerprint density at radius 3 is 2.26 bits per heavy atom. The predicted octanol–water partition coefficient (Wildman–Crippen LogP) is 3.35. The number of morpholine rings is 1. The molecule has 0 saturated carbocycles. The number of thiazole rings is 1. The van der Waals surface area contributed by atoms with Gasteiger partial charge in [0.25, 0.3) is 5.91 Å². The lowest BCUT2D eigenvalue weighted by Gasteiger charge is -2.26. The second-order valence-electron chi connectivity index (χ2n) is 8.80. The second-order valence-corrected chi connectivity index (χ2v) is 11.7. The SMILES string of the molecule is COc1ccc(OC)c2sc(N(CCCN(C)C)C(=O)c3ccc(S(=O)(=O)N4CCOCC4)cc3)nc12.Cl. The molecule has 13 heteroatoms. The highest BCUT2D eigenvalue weighted by Gasteiger charge is 2.28. The molecule has 38 heavy (non-hydrogen) atoms. The third-order valence-corrected chi connectivity index (χ3v) is 9.08. The van der Waals surface area contributed by atoms with Crippen LogP contribution < -0.4 is 14.4 Å². The fourth-order valence-electron chi connectivity index (χ4n) is 4.08. The maximum absolute atomic E-state index is 13.7. The molecule has 0 spiro atoms. The quantitative estimate of drug-likeness (QED) is 0.358. The van der Waals surface area contributed by atoms with Crippen LogP contribution >= 0.6 is 23.7 Å². The molecule has 2 heterocycles. The highest BCUT2D eigenvalue weighted by atomic mass is 35.5. The summed E-state index contributed by atoms with van der Waals surface area (Å²) < 4.78 is 44.4. The number of sulfonamides is 1. The Labute approximate surface area is 233 Å². The smallest absolute Gasteiger partial charge is 0.260 e. The Hall–Kier alpha value is -2.48. The van der Waals surface area contributed by atoms with Crippen LogP contribution in [-0.4, -0.2) is 96.2 Å². The van der Waals surface area contributed by atoms with Crippen LogP contribution in [0.2, 0.25) is 0 Å². The summed E-state index contributed by atoms with van der Waals surface area (Å²) in [6.45, 7) is 2.60. The minimum Gasteiger partial charge on any atom is -0.495 e. The van der Waals surface area contributed by atoms with Crippen LogP contribution in [0.5, 0.6) is 11.5 Å². The van der Waals surface area contributed by atoms with Gasteiger partial charge in [-0.15, -0.1) is 12.4 Å². The van der Waals surface area contributed by atoms with Gasteiger partial charge in [0.05, 0.1) is 32.3 Å². The first-order valence-electron chi connectivity index (χ1n) is 11.9. The lowest BCUT2D eigenvalue weighted by molar-refractivity contribution is 0.0730. The van der Waals surface area contributed by atoms with E-state index in [2.05, 4.69) is 4.90 Å². The Balaban J connectivity index is 0.00000400. The Morgan fingerprint density at radius 2 is 1.66 bits per heavy atom. The van der Waals surface area contributed by atoms with Crippen LogP contribution in [0.1, 0.15) is 16.8 Å². The molecular formula is C25H33ClN4O6S2. The van der Waals surface area contributed by atoms with Crippen LogP contribution in [0.3, 0.4) is 0 Å². The van der Waals surface area contributed by atoms with Crippen molar-refractivity contribution in [3.63, 3.8) is 0 Å². The van der Waals surface area contributed by atoms with Gasteiger partial charge < -0.3 is 19.1 Å². The molecule has 208 valence electrons. The largest absolute Gasteiger partial charge is 0.495 e. The highest BCUT2D eigenvalue weighted by Crippen LogP contribution is 2.40. The summed E-state index contributed by atoms with van der Waals surface area (Å²) in [4.78, 5) is 22.3. The molecule has 1 aliphatic rings. The van der Waals surface area contributed by atoms with Gasteiger partial charge in [-0.2, -0.15) is 4.31 Å². The Morgan fingerprint density at radius 1 is 1.03 bits per heavy atom. The van der Waals surface area contributed by atoms with Gasteiger partial charge in [0, 0.05) is 25.2 Å². The summed E-state index contributed by atoms with van der Waals surface area (Å²) in [6, 6.07) is 9.69. The van der Waals surface area contributed by atoms with Gasteiger partial charge in [0.15, 0.2) is 5.13 Å². The zero-order valence-corrected chi connectivity index (χ0v) is 24.3. The van der Waals surface area contributed by atoms with E-state index in [4.69, 9.17) is 19.2 Å². The maximum atomic E-state index is 13.7. The molecule has 3 aromatic rings. The van der Waals surface area contributed by atoms with E-state index >= 15 is 0 Å². The first-order chi connectivity index (χ1) is 17.8. The number of amides is 1. The number of nitrogens with zero attached hydrogens (tertiary/aromatic N) is 4. The third kappa shape index (κ3) is 6.38. The fraction of sp³-hybridized carbons (Fsp3) is 0.440. The summed E-state index contributed by atoms with van der Waals surface area (Å²) in [7, 11) is 3.48. The molecule has 0 unspecified atom stereocenters. The first kappa shape index (κ1) is 30.1. The number of methoxy groups -OCH3 is 2. The van der Waals surface area contributed by atoms with Crippen molar-refractivity contribution >= 4 is 55.0 Å². The molecule has 0 radical (unpaired) electrons. The molecule has 1 aromatic heterocycles. The van der Waals surface area contributed by atoms with Crippen molar-refractivity contribution in [3.05, 3.63) is 42.0 Å². The lowest BCUT2D eigenvalue weighted by atomic mass is 10.2. The second kappa shape index (κ2) is 13.0. The van der Waals surface area contributed by atoms with E-state index in [-0.39, 0.29) is 23.2 Å². The standard InChI is InChI=1S/C25H32N4O6S2.ClH/c1-27(2)12-5-13-29(25-26-22-20(33-3)10-11-21(34-4)23(22)36-25)24(30)18-6-8-19(9-7-18)37(31,32)28-14-16-35-17-15-28;/h6-11H,5,12-17H2,1-4H3;1H. The van der Waals surface area contributed by atoms with Gasteiger partial charge in [-0.1, -0.05) is 11.3 Å². The molecule has 10 nitrogen and oxygen atoms in total. The first-order valence-corrected chi connectivity index (χ1v) is 14.2. The van der Waals surface area contributed by atoms with E-state index < -0.39 is 10.0 Å². The number of hydrogen-bond acceptors (Lipinski definition) is 9. The van der Waals surface area contributed by atoms with Crippen molar-refractivity contribution in [1.29, 1.82) is 0 Å². The molecule has 2 aromatic carbocycles. The molecule has 1 saturated heterocycles. The number of fused-ring (bicyclic) bond motifs is 1. The molecule has 1 aliphatic heterocycles. The zero-order valence-electron chi connectivity index (χ0n) is 21.9. The van der Waals surface area contributed by atoms with Crippen LogP contribution in [0.25, 0.3) is 10.2 Å². The monoisotopic (exact) mass is 584 g/mol. The van der Waals surface area contributed by atoms with E-state index in [1.165, 1.54) is 27.8 Å². The molecule has 0 N–H and O–H groups in total. The van der Waals surface area contributed by atoms with Crippen molar-refractivity contribution in [3.8, 4) is 11.5 Å².